The molecule has 3 aromatic rings. The molecule has 0 radical (unpaired) electrons. The molecule has 0 spiro atoms. The number of H-pyrrole nitrogens is 1. The summed E-state index contributed by atoms with van der Waals surface area (Å²) in [6, 6.07) is 13.8. The molecule has 0 atom stereocenters. The Hall–Kier alpha value is -2.73. The zero-order valence-electron chi connectivity index (χ0n) is 13.7. The molecule has 0 aliphatic carbocycles. The number of ether oxygens (including phenoxy) is 1. The summed E-state index contributed by atoms with van der Waals surface area (Å²) in [6.07, 6.45) is 6.02. The molecule has 2 N–H and O–H groups in total. The molecule has 0 bridgehead atoms. The van der Waals surface area contributed by atoms with Crippen molar-refractivity contribution in [2.24, 2.45) is 0 Å². The molecule has 0 amide bonds. The molecule has 0 fully saturated rings. The van der Waals surface area contributed by atoms with Crippen LogP contribution in [0.1, 0.15) is 0 Å². The van der Waals surface area contributed by atoms with Crippen LogP contribution in [0.15, 0.2) is 71.0 Å². The molecule has 4 rings (SSSR count). The van der Waals surface area contributed by atoms with E-state index in [4.69, 9.17) is 4.74 Å². The average Bonchev–Trinajstić information content (AvgIpc) is 2.98. The minimum absolute atomic E-state index is 0.698. The number of imidazole rings is 1. The predicted octanol–water partition coefficient (Wildman–Crippen LogP) is 4.79. The van der Waals surface area contributed by atoms with Gasteiger partial charge in [0.1, 0.15) is 11.5 Å². The van der Waals surface area contributed by atoms with Crippen molar-refractivity contribution in [3.05, 3.63) is 71.0 Å². The van der Waals surface area contributed by atoms with Crippen molar-refractivity contribution in [2.75, 3.05) is 18.9 Å². The highest BCUT2D eigenvalue weighted by molar-refractivity contribution is 9.10. The van der Waals surface area contributed by atoms with Gasteiger partial charge in [-0.05, 0) is 42.5 Å². The van der Waals surface area contributed by atoms with Crippen LogP contribution in [-0.4, -0.2) is 28.5 Å². The van der Waals surface area contributed by atoms with Gasteiger partial charge in [0.2, 0.25) is 5.95 Å². The minimum atomic E-state index is 0.698. The van der Waals surface area contributed by atoms with E-state index in [2.05, 4.69) is 42.2 Å². The predicted molar refractivity (Wildman–Crippen MR) is 104 cm³/mol. The van der Waals surface area contributed by atoms with Gasteiger partial charge in [-0.3, -0.25) is 0 Å². The number of nitrogens with one attached hydrogen (secondary N) is 2. The molecule has 1 aliphatic heterocycles. The van der Waals surface area contributed by atoms with Crippen LogP contribution < -0.4 is 10.1 Å². The lowest BCUT2D eigenvalue weighted by Crippen LogP contribution is -2.15. The summed E-state index contributed by atoms with van der Waals surface area (Å²) in [5, 5.41) is 3.27. The van der Waals surface area contributed by atoms with Crippen LogP contribution >= 0.6 is 15.9 Å². The van der Waals surface area contributed by atoms with Crippen molar-refractivity contribution in [3.63, 3.8) is 0 Å². The van der Waals surface area contributed by atoms with Gasteiger partial charge in [0.25, 0.3) is 0 Å². The number of hydrogen-bond acceptors (Lipinski definition) is 4. The maximum Gasteiger partial charge on any atom is 0.205 e. The number of benzene rings is 2. The Bertz CT molecular complexity index is 976. The molecule has 1 aromatic heterocycles. The fraction of sp³-hybridized carbons (Fsp3) is 0.105. The second-order valence-corrected chi connectivity index (χ2v) is 6.78. The number of rotatable bonds is 4. The molecule has 2 heterocycles. The SMILES string of the molecule is CN1C=CC(Oc2ccc3nc(Nc4cccc(Br)c4)[nH]c3c2)=CC1. The third-order valence-electron chi connectivity index (χ3n) is 3.85. The Morgan fingerprint density at radius 2 is 2.16 bits per heavy atom. The van der Waals surface area contributed by atoms with E-state index in [1.54, 1.807) is 0 Å². The maximum absolute atomic E-state index is 5.93. The first-order chi connectivity index (χ1) is 12.2. The van der Waals surface area contributed by atoms with Crippen molar-refractivity contribution < 1.29 is 4.74 Å². The quantitative estimate of drug-likeness (QED) is 0.665. The van der Waals surface area contributed by atoms with E-state index in [1.165, 1.54) is 0 Å². The third-order valence-corrected chi connectivity index (χ3v) is 4.34. The van der Waals surface area contributed by atoms with Crippen LogP contribution in [0.3, 0.4) is 0 Å². The first-order valence-corrected chi connectivity index (χ1v) is 8.74. The number of halogens is 1. The van der Waals surface area contributed by atoms with Gasteiger partial charge in [0, 0.05) is 36.0 Å². The van der Waals surface area contributed by atoms with Crippen LogP contribution in [0.25, 0.3) is 11.0 Å². The van der Waals surface area contributed by atoms with Gasteiger partial charge in [-0.25, -0.2) is 4.98 Å². The Labute approximate surface area is 154 Å². The van der Waals surface area contributed by atoms with Gasteiger partial charge in [0.05, 0.1) is 11.0 Å². The fourth-order valence-electron chi connectivity index (χ4n) is 2.59. The van der Waals surface area contributed by atoms with E-state index in [-0.39, 0.29) is 0 Å². The number of likely N-dealkylation sites (N-methyl/N-ethyl adjacent to an activating group) is 1. The van der Waals surface area contributed by atoms with Gasteiger partial charge in [-0.2, -0.15) is 0 Å². The summed E-state index contributed by atoms with van der Waals surface area (Å²) >= 11 is 3.47. The lowest BCUT2D eigenvalue weighted by Gasteiger charge is -2.17. The fourth-order valence-corrected chi connectivity index (χ4v) is 2.99. The summed E-state index contributed by atoms with van der Waals surface area (Å²) in [4.78, 5) is 9.94. The summed E-state index contributed by atoms with van der Waals surface area (Å²) in [7, 11) is 2.03. The van der Waals surface area contributed by atoms with Crippen molar-refractivity contribution in [1.82, 2.24) is 14.9 Å². The molecule has 0 saturated carbocycles. The maximum atomic E-state index is 5.93. The summed E-state index contributed by atoms with van der Waals surface area (Å²) < 4.78 is 6.95. The summed E-state index contributed by atoms with van der Waals surface area (Å²) in [6.45, 7) is 0.846. The Morgan fingerprint density at radius 1 is 1.24 bits per heavy atom. The Morgan fingerprint density at radius 3 is 2.96 bits per heavy atom. The highest BCUT2D eigenvalue weighted by atomic mass is 79.9. The van der Waals surface area contributed by atoms with Crippen molar-refractivity contribution in [2.45, 2.75) is 0 Å². The zero-order chi connectivity index (χ0) is 17.2. The number of hydrogen-bond donors (Lipinski definition) is 2. The molecular weight excluding hydrogens is 380 g/mol. The largest absolute Gasteiger partial charge is 0.458 e. The van der Waals surface area contributed by atoms with Gasteiger partial charge < -0.3 is 19.9 Å². The van der Waals surface area contributed by atoms with Crippen LogP contribution in [0, 0.1) is 0 Å². The number of fused-ring (bicyclic) bond motifs is 1. The molecule has 25 heavy (non-hydrogen) atoms. The van der Waals surface area contributed by atoms with Crippen LogP contribution in [0.2, 0.25) is 0 Å². The van der Waals surface area contributed by atoms with Crippen molar-refractivity contribution in [3.8, 4) is 5.75 Å². The van der Waals surface area contributed by atoms with Crippen LogP contribution in [0.5, 0.6) is 5.75 Å². The second-order valence-electron chi connectivity index (χ2n) is 5.86. The lowest BCUT2D eigenvalue weighted by molar-refractivity contribution is 0.416. The van der Waals surface area contributed by atoms with Gasteiger partial charge in [-0.15, -0.1) is 0 Å². The van der Waals surface area contributed by atoms with Gasteiger partial charge in [0.15, 0.2) is 0 Å². The Balaban J connectivity index is 1.54. The second kappa shape index (κ2) is 6.64. The topological polar surface area (TPSA) is 53.2 Å². The molecule has 5 nitrogen and oxygen atoms in total. The van der Waals surface area contributed by atoms with Crippen LogP contribution in [0.4, 0.5) is 11.6 Å². The molecular formula is C19H17BrN4O. The number of aromatic amines is 1. The molecule has 0 unspecified atom stereocenters. The van der Waals surface area contributed by atoms with E-state index in [0.29, 0.717) is 5.95 Å². The minimum Gasteiger partial charge on any atom is -0.458 e. The lowest BCUT2D eigenvalue weighted by atomic mass is 10.3. The van der Waals surface area contributed by atoms with E-state index in [9.17, 15) is 0 Å². The average molecular weight is 397 g/mol. The molecule has 126 valence electrons. The zero-order valence-corrected chi connectivity index (χ0v) is 15.2. The van der Waals surface area contributed by atoms with Crippen molar-refractivity contribution >= 4 is 38.6 Å². The van der Waals surface area contributed by atoms with Gasteiger partial charge in [-0.1, -0.05) is 22.0 Å². The van der Waals surface area contributed by atoms with E-state index in [1.807, 2.05) is 61.8 Å². The standard InChI is InChI=1S/C19H17BrN4O/c1-24-9-7-15(8-10-24)25-16-5-6-17-18(12-16)23-19(22-17)21-14-4-2-3-13(20)11-14/h2-9,11-12H,10H2,1H3,(H2,21,22,23). The highest BCUT2D eigenvalue weighted by Crippen LogP contribution is 2.25. The first-order valence-electron chi connectivity index (χ1n) is 7.94. The van der Waals surface area contributed by atoms with E-state index < -0.39 is 0 Å². The molecule has 1 aliphatic rings. The van der Waals surface area contributed by atoms with E-state index >= 15 is 0 Å². The molecule has 2 aromatic carbocycles. The highest BCUT2D eigenvalue weighted by Gasteiger charge is 2.07. The van der Waals surface area contributed by atoms with Gasteiger partial charge >= 0.3 is 0 Å². The summed E-state index contributed by atoms with van der Waals surface area (Å²) in [5.74, 6) is 2.33. The van der Waals surface area contributed by atoms with Crippen molar-refractivity contribution in [1.29, 1.82) is 0 Å². The van der Waals surface area contributed by atoms with E-state index in [0.717, 1.165) is 39.2 Å². The summed E-state index contributed by atoms with van der Waals surface area (Å²) in [5.41, 5.74) is 2.77. The smallest absolute Gasteiger partial charge is 0.205 e. The number of aromatic nitrogens is 2. The normalized spacial score (nSPS) is 13.8. The Kier molecular flexibility index (Phi) is 4.19. The third kappa shape index (κ3) is 3.69. The number of nitrogens with zero attached hydrogens (tertiary/aromatic N) is 2. The first kappa shape index (κ1) is 15.8. The monoisotopic (exact) mass is 396 g/mol. The number of anilines is 2. The molecule has 6 heteroatoms. The number of allylic oxidation sites excluding steroid dienone is 1. The molecule has 0 saturated heterocycles. The van der Waals surface area contributed by atoms with Crippen LogP contribution in [-0.2, 0) is 0 Å².